The summed E-state index contributed by atoms with van der Waals surface area (Å²) in [5.41, 5.74) is 4.01. The van der Waals surface area contributed by atoms with Gasteiger partial charge in [-0.2, -0.15) is 5.10 Å². The molecular weight excluding hydrogens is 428 g/mol. The van der Waals surface area contributed by atoms with E-state index >= 15 is 0 Å². The Bertz CT molecular complexity index is 1340. The fourth-order valence-electron chi connectivity index (χ4n) is 3.98. The normalized spacial score (nSPS) is 14.4. The number of nitrogens with zero attached hydrogens (tertiary/aromatic N) is 2. The number of para-hydroxylation sites is 1. The third kappa shape index (κ3) is 4.11. The van der Waals surface area contributed by atoms with E-state index in [0.717, 1.165) is 34.0 Å². The molecule has 1 aliphatic rings. The maximum absolute atomic E-state index is 13.2. The van der Waals surface area contributed by atoms with E-state index in [1.807, 2.05) is 83.5 Å². The van der Waals surface area contributed by atoms with E-state index in [9.17, 15) is 4.79 Å². The number of allylic oxidation sites excluding steroid dienone is 1. The molecule has 1 unspecified atom stereocenters. The highest BCUT2D eigenvalue weighted by molar-refractivity contribution is 6.08. The number of nitrogens with one attached hydrogen (secondary N) is 2. The molecule has 4 aromatic rings. The van der Waals surface area contributed by atoms with Crippen LogP contribution in [-0.4, -0.2) is 29.9 Å². The molecule has 5 rings (SSSR count). The van der Waals surface area contributed by atoms with E-state index in [-0.39, 0.29) is 11.9 Å². The Hall–Kier alpha value is -4.52. The molecule has 0 saturated heterocycles. The predicted molar refractivity (Wildman–Crippen MR) is 132 cm³/mol. The Morgan fingerprint density at radius 3 is 2.44 bits per heavy atom. The van der Waals surface area contributed by atoms with Crippen molar-refractivity contribution in [3.05, 3.63) is 108 Å². The number of benzene rings is 3. The van der Waals surface area contributed by atoms with Crippen molar-refractivity contribution in [2.45, 2.75) is 6.04 Å². The van der Waals surface area contributed by atoms with Gasteiger partial charge in [0.2, 0.25) is 0 Å². The first-order valence-electron chi connectivity index (χ1n) is 10.9. The van der Waals surface area contributed by atoms with Crippen molar-refractivity contribution in [2.24, 2.45) is 0 Å². The Morgan fingerprint density at radius 2 is 1.71 bits per heavy atom. The first-order chi connectivity index (χ1) is 16.7. The van der Waals surface area contributed by atoms with Crippen LogP contribution in [0.1, 0.15) is 27.5 Å². The second-order valence-electron chi connectivity index (χ2n) is 7.83. The zero-order valence-electron chi connectivity index (χ0n) is 18.9. The van der Waals surface area contributed by atoms with Crippen molar-refractivity contribution in [1.29, 1.82) is 0 Å². The van der Waals surface area contributed by atoms with Gasteiger partial charge in [0, 0.05) is 11.4 Å². The fraction of sp³-hybridized carbons (Fsp3) is 0.111. The Morgan fingerprint density at radius 1 is 0.941 bits per heavy atom. The molecule has 1 amide bonds. The van der Waals surface area contributed by atoms with Crippen LogP contribution < -0.4 is 20.1 Å². The van der Waals surface area contributed by atoms with Crippen LogP contribution in [-0.2, 0) is 0 Å². The topological polar surface area (TPSA) is 77.4 Å². The summed E-state index contributed by atoms with van der Waals surface area (Å²) >= 11 is 0. The number of fused-ring (bicyclic) bond motifs is 1. The van der Waals surface area contributed by atoms with Crippen LogP contribution in [0, 0.1) is 0 Å². The van der Waals surface area contributed by atoms with Crippen molar-refractivity contribution >= 4 is 23.1 Å². The fourth-order valence-corrected chi connectivity index (χ4v) is 3.98. The molecule has 170 valence electrons. The third-order valence-electron chi connectivity index (χ3n) is 5.75. The number of methoxy groups -OCH3 is 2. The average Bonchev–Trinajstić information content (AvgIpc) is 3.33. The van der Waals surface area contributed by atoms with Crippen molar-refractivity contribution in [3.8, 4) is 11.5 Å². The summed E-state index contributed by atoms with van der Waals surface area (Å²) in [6.07, 6.45) is 3.69. The smallest absolute Gasteiger partial charge is 0.261 e. The van der Waals surface area contributed by atoms with Crippen LogP contribution in [0.3, 0.4) is 0 Å². The van der Waals surface area contributed by atoms with Gasteiger partial charge in [-0.15, -0.1) is 0 Å². The number of aromatic nitrogens is 2. The number of hydrogen-bond acceptors (Lipinski definition) is 5. The molecule has 3 aromatic carbocycles. The number of carbonyl (C=O) groups excluding carboxylic acids is 1. The first kappa shape index (κ1) is 21.3. The standard InChI is InChI=1S/C27H24N4O3/c1-33-21-13-11-18(12-14-21)24-16-25(19-7-6-10-22(15-19)34-2)31-26(30-24)23(17-28-31)27(32)29-20-8-4-3-5-9-20/h3-17,25,30H,1-2H3,(H,29,32). The molecule has 34 heavy (non-hydrogen) atoms. The summed E-state index contributed by atoms with van der Waals surface area (Å²) in [5, 5.41) is 10.9. The van der Waals surface area contributed by atoms with Gasteiger partial charge in [-0.05, 0) is 65.7 Å². The molecule has 7 heteroatoms. The van der Waals surface area contributed by atoms with Gasteiger partial charge in [0.15, 0.2) is 0 Å². The molecule has 2 heterocycles. The second-order valence-corrected chi connectivity index (χ2v) is 7.83. The van der Waals surface area contributed by atoms with Crippen molar-refractivity contribution in [1.82, 2.24) is 9.78 Å². The zero-order valence-corrected chi connectivity index (χ0v) is 18.9. The summed E-state index contributed by atoms with van der Waals surface area (Å²) in [4.78, 5) is 13.2. The highest BCUT2D eigenvalue weighted by Gasteiger charge is 2.28. The zero-order chi connectivity index (χ0) is 23.5. The Kier molecular flexibility index (Phi) is 5.74. The second kappa shape index (κ2) is 9.15. The van der Waals surface area contributed by atoms with E-state index in [1.54, 1.807) is 20.4 Å². The van der Waals surface area contributed by atoms with Crippen LogP contribution in [0.4, 0.5) is 11.5 Å². The predicted octanol–water partition coefficient (Wildman–Crippen LogP) is 5.21. The van der Waals surface area contributed by atoms with Crippen LogP contribution in [0.25, 0.3) is 5.70 Å². The summed E-state index contributed by atoms with van der Waals surface area (Å²) < 4.78 is 12.6. The van der Waals surface area contributed by atoms with Crippen LogP contribution >= 0.6 is 0 Å². The minimum atomic E-state index is -0.236. The first-order valence-corrected chi connectivity index (χ1v) is 10.9. The van der Waals surface area contributed by atoms with Crippen molar-refractivity contribution in [3.63, 3.8) is 0 Å². The largest absolute Gasteiger partial charge is 0.497 e. The van der Waals surface area contributed by atoms with Gasteiger partial charge < -0.3 is 20.1 Å². The summed E-state index contributed by atoms with van der Waals surface area (Å²) in [5.74, 6) is 1.92. The molecule has 7 nitrogen and oxygen atoms in total. The van der Waals surface area contributed by atoms with Crippen molar-refractivity contribution in [2.75, 3.05) is 24.9 Å². The molecule has 0 fully saturated rings. The molecule has 1 aromatic heterocycles. The Balaban J connectivity index is 1.56. The summed E-state index contributed by atoms with van der Waals surface area (Å²) in [6, 6.07) is 24.8. The lowest BCUT2D eigenvalue weighted by atomic mass is 10.0. The molecule has 0 bridgehead atoms. The summed E-state index contributed by atoms with van der Waals surface area (Å²) in [6.45, 7) is 0. The lowest BCUT2D eigenvalue weighted by Gasteiger charge is -2.26. The maximum atomic E-state index is 13.2. The minimum Gasteiger partial charge on any atom is -0.497 e. The highest BCUT2D eigenvalue weighted by atomic mass is 16.5. The maximum Gasteiger partial charge on any atom is 0.261 e. The number of hydrogen-bond donors (Lipinski definition) is 2. The monoisotopic (exact) mass is 452 g/mol. The Labute approximate surface area is 197 Å². The molecule has 1 atom stereocenters. The lowest BCUT2D eigenvalue weighted by Crippen LogP contribution is -2.22. The van der Waals surface area contributed by atoms with Crippen LogP contribution in [0.15, 0.2) is 91.1 Å². The minimum absolute atomic E-state index is 0.235. The highest BCUT2D eigenvalue weighted by Crippen LogP contribution is 2.36. The van der Waals surface area contributed by atoms with Gasteiger partial charge in [-0.1, -0.05) is 30.3 Å². The van der Waals surface area contributed by atoms with E-state index in [4.69, 9.17) is 9.47 Å². The van der Waals surface area contributed by atoms with Gasteiger partial charge >= 0.3 is 0 Å². The van der Waals surface area contributed by atoms with Gasteiger partial charge in [-0.3, -0.25) is 4.79 Å². The quantitative estimate of drug-likeness (QED) is 0.420. The van der Waals surface area contributed by atoms with Crippen LogP contribution in [0.5, 0.6) is 11.5 Å². The molecule has 0 saturated carbocycles. The van der Waals surface area contributed by atoms with E-state index in [0.29, 0.717) is 11.4 Å². The van der Waals surface area contributed by atoms with Gasteiger partial charge in [0.1, 0.15) is 22.9 Å². The van der Waals surface area contributed by atoms with Gasteiger partial charge in [0.25, 0.3) is 5.91 Å². The third-order valence-corrected chi connectivity index (χ3v) is 5.75. The number of amides is 1. The van der Waals surface area contributed by atoms with Crippen molar-refractivity contribution < 1.29 is 14.3 Å². The molecule has 2 N–H and O–H groups in total. The molecule has 0 aliphatic carbocycles. The molecule has 0 radical (unpaired) electrons. The van der Waals surface area contributed by atoms with E-state index in [2.05, 4.69) is 21.8 Å². The molecular formula is C27H24N4O3. The number of anilines is 2. The van der Waals surface area contributed by atoms with E-state index < -0.39 is 0 Å². The molecule has 0 spiro atoms. The number of rotatable bonds is 6. The van der Waals surface area contributed by atoms with Gasteiger partial charge in [0.05, 0.1) is 26.5 Å². The summed E-state index contributed by atoms with van der Waals surface area (Å²) in [7, 11) is 3.29. The van der Waals surface area contributed by atoms with E-state index in [1.165, 1.54) is 0 Å². The SMILES string of the molecule is COc1ccc(C2=CC(c3cccc(OC)c3)n3ncc(C(=O)Nc4ccccc4)c3N2)cc1. The van der Waals surface area contributed by atoms with Gasteiger partial charge in [-0.25, -0.2) is 4.68 Å². The molecule has 1 aliphatic heterocycles. The van der Waals surface area contributed by atoms with Crippen LogP contribution in [0.2, 0.25) is 0 Å². The average molecular weight is 453 g/mol. The number of ether oxygens (including phenoxy) is 2. The number of carbonyl (C=O) groups is 1. The lowest BCUT2D eigenvalue weighted by molar-refractivity contribution is 0.102.